The van der Waals surface area contributed by atoms with Crippen LogP contribution in [0.4, 0.5) is 0 Å². The third-order valence-electron chi connectivity index (χ3n) is 6.33. The van der Waals surface area contributed by atoms with Gasteiger partial charge in [-0.3, -0.25) is 0 Å². The van der Waals surface area contributed by atoms with Gasteiger partial charge in [-0.15, -0.1) is 0 Å². The molecule has 0 N–H and O–H groups in total. The summed E-state index contributed by atoms with van der Waals surface area (Å²) in [5.74, 6) is 1.83. The van der Waals surface area contributed by atoms with Gasteiger partial charge in [0.05, 0.1) is 13.2 Å². The van der Waals surface area contributed by atoms with Crippen molar-refractivity contribution in [3.05, 3.63) is 58.7 Å². The normalized spacial score (nSPS) is 12.1. The number of benzene rings is 2. The summed E-state index contributed by atoms with van der Waals surface area (Å²) in [6, 6.07) is 12.9. The molecule has 0 radical (unpaired) electrons. The van der Waals surface area contributed by atoms with Crippen LogP contribution >= 0.6 is 0 Å². The van der Waals surface area contributed by atoms with Crippen LogP contribution in [0, 0.1) is 0 Å². The van der Waals surface area contributed by atoms with Crippen molar-refractivity contribution in [3.8, 4) is 11.5 Å². The Balaban J connectivity index is 1.75. The van der Waals surface area contributed by atoms with Crippen LogP contribution in [0.3, 0.4) is 0 Å². The van der Waals surface area contributed by atoms with E-state index in [4.69, 9.17) is 14.2 Å². The fraction of sp³-hybridized carbons (Fsp3) is 0.586. The molecule has 3 nitrogen and oxygen atoms in total. The predicted molar refractivity (Wildman–Crippen MR) is 135 cm³/mol. The lowest BCUT2D eigenvalue weighted by Gasteiger charge is -2.26. The van der Waals surface area contributed by atoms with E-state index in [0.717, 1.165) is 30.8 Å². The van der Waals surface area contributed by atoms with Crippen molar-refractivity contribution in [3.63, 3.8) is 0 Å². The maximum absolute atomic E-state index is 5.92. The first kappa shape index (κ1) is 26.3. The lowest BCUT2D eigenvalue weighted by atomic mass is 9.79. The van der Waals surface area contributed by atoms with E-state index < -0.39 is 0 Å². The molecule has 0 fully saturated rings. The van der Waals surface area contributed by atoms with E-state index in [1.165, 1.54) is 22.3 Å². The third-order valence-corrected chi connectivity index (χ3v) is 6.33. The molecular weight excluding hydrogens is 396 g/mol. The van der Waals surface area contributed by atoms with E-state index in [1.54, 1.807) is 0 Å². The van der Waals surface area contributed by atoms with E-state index in [-0.39, 0.29) is 10.8 Å². The summed E-state index contributed by atoms with van der Waals surface area (Å²) in [5, 5.41) is 0. The van der Waals surface area contributed by atoms with E-state index in [2.05, 4.69) is 91.8 Å². The highest BCUT2D eigenvalue weighted by molar-refractivity contribution is 5.40. The van der Waals surface area contributed by atoms with Gasteiger partial charge in [0.1, 0.15) is 24.7 Å². The summed E-state index contributed by atoms with van der Waals surface area (Å²) in [6.45, 7) is 20.2. The van der Waals surface area contributed by atoms with Gasteiger partial charge in [0.2, 0.25) is 0 Å². The van der Waals surface area contributed by atoms with Crippen LogP contribution in [0.15, 0.2) is 36.4 Å². The van der Waals surface area contributed by atoms with Crippen molar-refractivity contribution >= 4 is 0 Å². The van der Waals surface area contributed by atoms with E-state index >= 15 is 0 Å². The Morgan fingerprint density at radius 2 is 1.09 bits per heavy atom. The van der Waals surface area contributed by atoms with Gasteiger partial charge < -0.3 is 14.2 Å². The Hall–Kier alpha value is -2.00. The fourth-order valence-electron chi connectivity index (χ4n) is 4.03. The summed E-state index contributed by atoms with van der Waals surface area (Å²) in [7, 11) is 0. The number of hydrogen-bond donors (Lipinski definition) is 0. The van der Waals surface area contributed by atoms with Gasteiger partial charge in [0.25, 0.3) is 0 Å². The second-order valence-electron chi connectivity index (χ2n) is 10.1. The minimum Gasteiger partial charge on any atom is -0.491 e. The molecule has 32 heavy (non-hydrogen) atoms. The zero-order chi connectivity index (χ0) is 23.8. The van der Waals surface area contributed by atoms with E-state index in [1.807, 2.05) is 0 Å². The van der Waals surface area contributed by atoms with Gasteiger partial charge in [0.15, 0.2) is 0 Å². The molecule has 2 aromatic carbocycles. The quantitative estimate of drug-likeness (QED) is 0.325. The molecule has 0 spiro atoms. The molecule has 0 unspecified atom stereocenters. The molecule has 0 saturated heterocycles. The molecule has 2 rings (SSSR count). The SMILES string of the molecule is CCc1cc(OCCOCCOc2ccc(C(C)(C)CC)c(CC)c2)ccc1C(C)(C)C. The van der Waals surface area contributed by atoms with Gasteiger partial charge in [-0.1, -0.05) is 67.5 Å². The maximum atomic E-state index is 5.92. The van der Waals surface area contributed by atoms with Gasteiger partial charge in [-0.2, -0.15) is 0 Å². The van der Waals surface area contributed by atoms with Gasteiger partial charge in [-0.25, -0.2) is 0 Å². The highest BCUT2D eigenvalue weighted by Gasteiger charge is 2.21. The Labute approximate surface area is 196 Å². The van der Waals surface area contributed by atoms with Gasteiger partial charge in [0, 0.05) is 0 Å². The molecule has 0 bridgehead atoms. The summed E-state index contributed by atoms with van der Waals surface area (Å²) in [4.78, 5) is 0. The highest BCUT2D eigenvalue weighted by Crippen LogP contribution is 2.32. The summed E-state index contributed by atoms with van der Waals surface area (Å²) in [6.07, 6.45) is 3.14. The molecule has 0 aliphatic heterocycles. The fourth-order valence-corrected chi connectivity index (χ4v) is 4.03. The van der Waals surface area contributed by atoms with E-state index in [0.29, 0.717) is 26.4 Å². The van der Waals surface area contributed by atoms with Crippen molar-refractivity contribution in [2.24, 2.45) is 0 Å². The first-order valence-electron chi connectivity index (χ1n) is 12.2. The lowest BCUT2D eigenvalue weighted by molar-refractivity contribution is 0.0764. The van der Waals surface area contributed by atoms with Crippen molar-refractivity contribution < 1.29 is 14.2 Å². The first-order valence-corrected chi connectivity index (χ1v) is 12.2. The van der Waals surface area contributed by atoms with Crippen LogP contribution in [0.5, 0.6) is 11.5 Å². The number of aryl methyl sites for hydroxylation is 2. The van der Waals surface area contributed by atoms with Crippen molar-refractivity contribution in [1.82, 2.24) is 0 Å². The molecule has 0 amide bonds. The van der Waals surface area contributed by atoms with E-state index in [9.17, 15) is 0 Å². The summed E-state index contributed by atoms with van der Waals surface area (Å²) < 4.78 is 17.5. The van der Waals surface area contributed by atoms with Crippen molar-refractivity contribution in [2.45, 2.75) is 85.5 Å². The first-order chi connectivity index (χ1) is 15.1. The second-order valence-corrected chi connectivity index (χ2v) is 10.1. The Kier molecular flexibility index (Phi) is 9.64. The van der Waals surface area contributed by atoms with Gasteiger partial charge >= 0.3 is 0 Å². The van der Waals surface area contributed by atoms with Crippen LogP contribution in [0.25, 0.3) is 0 Å². The molecule has 178 valence electrons. The van der Waals surface area contributed by atoms with Crippen molar-refractivity contribution in [1.29, 1.82) is 0 Å². The second kappa shape index (κ2) is 11.7. The molecule has 0 atom stereocenters. The summed E-state index contributed by atoms with van der Waals surface area (Å²) in [5.41, 5.74) is 5.87. The standard InChI is InChI=1S/C29H44O3/c1-9-22-20-24(12-14-26(22)28(4,5)6)31-18-16-30-17-19-32-25-13-15-27(23(10-2)21-25)29(7,8)11-3/h12-15,20-21H,9-11,16-19H2,1-8H3. The Bertz CT molecular complexity index is 846. The minimum absolute atomic E-state index is 0.150. The predicted octanol–water partition coefficient (Wildman–Crippen LogP) is 7.27. The topological polar surface area (TPSA) is 27.7 Å². The minimum atomic E-state index is 0.150. The zero-order valence-corrected chi connectivity index (χ0v) is 21.6. The molecule has 3 heteroatoms. The largest absolute Gasteiger partial charge is 0.491 e. The Morgan fingerprint density at radius 1 is 0.625 bits per heavy atom. The number of rotatable bonds is 12. The average Bonchev–Trinajstić information content (AvgIpc) is 2.77. The molecule has 0 heterocycles. The van der Waals surface area contributed by atoms with Crippen LogP contribution < -0.4 is 9.47 Å². The molecule has 0 aliphatic carbocycles. The van der Waals surface area contributed by atoms with Crippen molar-refractivity contribution in [2.75, 3.05) is 26.4 Å². The van der Waals surface area contributed by atoms with Gasteiger partial charge in [-0.05, 0) is 76.6 Å². The monoisotopic (exact) mass is 440 g/mol. The molecule has 0 saturated carbocycles. The molecule has 0 aromatic heterocycles. The Morgan fingerprint density at radius 3 is 1.53 bits per heavy atom. The average molecular weight is 441 g/mol. The third kappa shape index (κ3) is 7.27. The summed E-state index contributed by atoms with van der Waals surface area (Å²) >= 11 is 0. The number of hydrogen-bond acceptors (Lipinski definition) is 3. The molecule has 0 aliphatic rings. The van der Waals surface area contributed by atoms with Crippen LogP contribution in [-0.4, -0.2) is 26.4 Å². The van der Waals surface area contributed by atoms with Crippen LogP contribution in [0.1, 0.15) is 84.1 Å². The lowest BCUT2D eigenvalue weighted by Crippen LogP contribution is -2.18. The number of ether oxygens (including phenoxy) is 3. The van der Waals surface area contributed by atoms with Crippen LogP contribution in [-0.2, 0) is 28.4 Å². The highest BCUT2D eigenvalue weighted by atomic mass is 16.5. The molecule has 2 aromatic rings. The van der Waals surface area contributed by atoms with Crippen LogP contribution in [0.2, 0.25) is 0 Å². The maximum Gasteiger partial charge on any atom is 0.119 e. The zero-order valence-electron chi connectivity index (χ0n) is 21.6. The smallest absolute Gasteiger partial charge is 0.119 e. The molecular formula is C29H44O3.